The second-order valence-electron chi connectivity index (χ2n) is 6.75. The van der Waals surface area contributed by atoms with Gasteiger partial charge in [0.05, 0.1) is 6.54 Å². The Morgan fingerprint density at radius 3 is 2.61 bits per heavy atom. The third kappa shape index (κ3) is 6.54. The van der Waals surface area contributed by atoms with Gasteiger partial charge in [-0.3, -0.25) is 0 Å². The van der Waals surface area contributed by atoms with Crippen molar-refractivity contribution in [3.8, 4) is 5.75 Å². The predicted molar refractivity (Wildman–Crippen MR) is 123 cm³/mol. The molecule has 0 amide bonds. The second kappa shape index (κ2) is 11.1. The molecule has 1 aliphatic heterocycles. The number of nitrogens with zero attached hydrogens (tertiary/aromatic N) is 2. The summed E-state index contributed by atoms with van der Waals surface area (Å²) in [4.78, 5) is 6.85. The van der Waals surface area contributed by atoms with Crippen molar-refractivity contribution in [2.45, 2.75) is 32.4 Å². The fourth-order valence-electron chi connectivity index (χ4n) is 3.29. The van der Waals surface area contributed by atoms with Crippen LogP contribution in [0, 0.1) is 5.82 Å². The minimum atomic E-state index is -0.193. The van der Waals surface area contributed by atoms with Crippen molar-refractivity contribution in [1.82, 2.24) is 10.6 Å². The summed E-state index contributed by atoms with van der Waals surface area (Å²) in [6.07, 6.45) is 1.93. The van der Waals surface area contributed by atoms with E-state index in [1.54, 1.807) is 24.3 Å². The van der Waals surface area contributed by atoms with Crippen LogP contribution in [-0.2, 0) is 6.54 Å². The highest BCUT2D eigenvalue weighted by molar-refractivity contribution is 14.0. The quantitative estimate of drug-likeness (QED) is 0.333. The average molecular weight is 498 g/mol. The lowest BCUT2D eigenvalue weighted by Crippen LogP contribution is -2.48. The molecule has 0 unspecified atom stereocenters. The van der Waals surface area contributed by atoms with Crippen molar-refractivity contribution in [3.05, 3.63) is 59.9 Å². The summed E-state index contributed by atoms with van der Waals surface area (Å²) in [5.41, 5.74) is 1.91. The molecule has 5 nitrogen and oxygen atoms in total. The van der Waals surface area contributed by atoms with Crippen molar-refractivity contribution in [1.29, 1.82) is 0 Å². The molecule has 3 N–H and O–H groups in total. The molecule has 1 saturated heterocycles. The molecule has 0 saturated carbocycles. The summed E-state index contributed by atoms with van der Waals surface area (Å²) in [7, 11) is 0. The summed E-state index contributed by atoms with van der Waals surface area (Å²) < 4.78 is 13.4. The largest absolute Gasteiger partial charge is 0.508 e. The maximum atomic E-state index is 13.4. The number of piperidine rings is 1. The number of halogens is 2. The van der Waals surface area contributed by atoms with Gasteiger partial charge < -0.3 is 20.6 Å². The molecule has 0 bridgehead atoms. The van der Waals surface area contributed by atoms with E-state index in [9.17, 15) is 9.50 Å². The zero-order valence-electron chi connectivity index (χ0n) is 16.1. The third-order valence-electron chi connectivity index (χ3n) is 4.68. The smallest absolute Gasteiger partial charge is 0.191 e. The first kappa shape index (κ1) is 22.3. The minimum Gasteiger partial charge on any atom is -0.508 e. The van der Waals surface area contributed by atoms with Crippen molar-refractivity contribution in [2.24, 2.45) is 4.99 Å². The monoisotopic (exact) mass is 498 g/mol. The van der Waals surface area contributed by atoms with Crippen molar-refractivity contribution >= 4 is 35.6 Å². The number of aliphatic imine (C=N–C) groups is 1. The molecule has 1 fully saturated rings. The molecule has 1 heterocycles. The Hall–Kier alpha value is -2.03. The van der Waals surface area contributed by atoms with Gasteiger partial charge in [0, 0.05) is 31.4 Å². The van der Waals surface area contributed by atoms with Gasteiger partial charge in [-0.15, -0.1) is 24.0 Å². The van der Waals surface area contributed by atoms with Gasteiger partial charge in [0.25, 0.3) is 0 Å². The molecule has 2 aromatic rings. The maximum Gasteiger partial charge on any atom is 0.191 e. The van der Waals surface area contributed by atoms with Gasteiger partial charge in [-0.2, -0.15) is 0 Å². The summed E-state index contributed by atoms with van der Waals surface area (Å²) in [5, 5.41) is 16.3. The number of phenols is 1. The van der Waals surface area contributed by atoms with E-state index in [-0.39, 0.29) is 35.5 Å². The molecule has 7 heteroatoms. The maximum absolute atomic E-state index is 13.4. The van der Waals surface area contributed by atoms with Crippen LogP contribution in [0.4, 0.5) is 10.1 Å². The first-order chi connectivity index (χ1) is 13.1. The van der Waals surface area contributed by atoms with Gasteiger partial charge in [-0.05, 0) is 55.7 Å². The number of nitrogens with one attached hydrogen (secondary N) is 2. The number of rotatable bonds is 5. The predicted octanol–water partition coefficient (Wildman–Crippen LogP) is 3.87. The third-order valence-corrected chi connectivity index (χ3v) is 4.68. The second-order valence-corrected chi connectivity index (χ2v) is 6.75. The SMILES string of the molecule is CCNC(=NCc1cccc(O)c1)NC1CCN(c2cccc(F)c2)CC1.I. The molecule has 2 aromatic carbocycles. The fourth-order valence-corrected chi connectivity index (χ4v) is 3.29. The van der Waals surface area contributed by atoms with Crippen LogP contribution in [0.15, 0.2) is 53.5 Å². The Morgan fingerprint density at radius 2 is 1.93 bits per heavy atom. The molecule has 152 valence electrons. The van der Waals surface area contributed by atoms with E-state index in [4.69, 9.17) is 0 Å². The van der Waals surface area contributed by atoms with E-state index >= 15 is 0 Å². The Bertz CT molecular complexity index is 779. The minimum absolute atomic E-state index is 0. The Labute approximate surface area is 183 Å². The number of anilines is 1. The fraction of sp³-hybridized carbons (Fsp3) is 0.381. The van der Waals surface area contributed by atoms with Gasteiger partial charge in [-0.1, -0.05) is 18.2 Å². The number of guanidine groups is 1. The molecule has 0 spiro atoms. The zero-order valence-corrected chi connectivity index (χ0v) is 18.4. The van der Waals surface area contributed by atoms with Crippen LogP contribution in [0.2, 0.25) is 0 Å². The first-order valence-electron chi connectivity index (χ1n) is 9.47. The number of hydrogen-bond donors (Lipinski definition) is 3. The van der Waals surface area contributed by atoms with Gasteiger partial charge in [0.2, 0.25) is 0 Å². The highest BCUT2D eigenvalue weighted by atomic mass is 127. The molecule has 3 rings (SSSR count). The van der Waals surface area contributed by atoms with Crippen LogP contribution < -0.4 is 15.5 Å². The summed E-state index contributed by atoms with van der Waals surface area (Å²) in [6.45, 7) is 5.10. The van der Waals surface area contributed by atoms with Crippen molar-refractivity contribution < 1.29 is 9.50 Å². The molecule has 0 aromatic heterocycles. The van der Waals surface area contributed by atoms with E-state index in [1.165, 1.54) is 6.07 Å². The van der Waals surface area contributed by atoms with Crippen LogP contribution >= 0.6 is 24.0 Å². The van der Waals surface area contributed by atoms with E-state index < -0.39 is 0 Å². The molecular weight excluding hydrogens is 470 g/mol. The van der Waals surface area contributed by atoms with E-state index in [0.29, 0.717) is 12.6 Å². The number of benzene rings is 2. The van der Waals surface area contributed by atoms with Gasteiger partial charge in [0.1, 0.15) is 11.6 Å². The number of phenolic OH excluding ortho intramolecular Hbond substituents is 1. The average Bonchev–Trinajstić information content (AvgIpc) is 2.67. The van der Waals surface area contributed by atoms with E-state index in [2.05, 4.69) is 20.5 Å². The molecule has 28 heavy (non-hydrogen) atoms. The van der Waals surface area contributed by atoms with Crippen molar-refractivity contribution in [3.63, 3.8) is 0 Å². The highest BCUT2D eigenvalue weighted by Gasteiger charge is 2.20. The summed E-state index contributed by atoms with van der Waals surface area (Å²) in [5.74, 6) is 0.844. The Kier molecular flexibility index (Phi) is 8.82. The highest BCUT2D eigenvalue weighted by Crippen LogP contribution is 2.20. The van der Waals surface area contributed by atoms with E-state index in [0.717, 1.165) is 49.7 Å². The topological polar surface area (TPSA) is 59.9 Å². The van der Waals surface area contributed by atoms with E-state index in [1.807, 2.05) is 25.1 Å². The summed E-state index contributed by atoms with van der Waals surface area (Å²) in [6, 6.07) is 14.3. The van der Waals surface area contributed by atoms with Crippen LogP contribution in [0.25, 0.3) is 0 Å². The molecular formula is C21H28FIN4O. The lowest BCUT2D eigenvalue weighted by Gasteiger charge is -2.34. The summed E-state index contributed by atoms with van der Waals surface area (Å²) >= 11 is 0. The number of aromatic hydroxyl groups is 1. The normalized spacial score (nSPS) is 15.1. The standard InChI is InChI=1S/C21H27FN4O.HI/c1-2-23-21(24-15-16-5-3-8-20(27)13-16)25-18-9-11-26(12-10-18)19-7-4-6-17(22)14-19;/h3-8,13-14,18,27H,2,9-12,15H2,1H3,(H2,23,24,25);1H. The van der Waals surface area contributed by atoms with Crippen LogP contribution in [0.3, 0.4) is 0 Å². The van der Waals surface area contributed by atoms with Crippen LogP contribution in [-0.4, -0.2) is 36.7 Å². The van der Waals surface area contributed by atoms with Gasteiger partial charge >= 0.3 is 0 Å². The Morgan fingerprint density at radius 1 is 1.18 bits per heavy atom. The Balaban J connectivity index is 0.00000280. The van der Waals surface area contributed by atoms with Gasteiger partial charge in [-0.25, -0.2) is 9.38 Å². The molecule has 0 radical (unpaired) electrons. The zero-order chi connectivity index (χ0) is 19.1. The van der Waals surface area contributed by atoms with Crippen LogP contribution in [0.5, 0.6) is 5.75 Å². The molecule has 1 aliphatic rings. The number of hydrogen-bond acceptors (Lipinski definition) is 3. The first-order valence-corrected chi connectivity index (χ1v) is 9.47. The lowest BCUT2D eigenvalue weighted by atomic mass is 10.0. The van der Waals surface area contributed by atoms with Crippen molar-refractivity contribution in [2.75, 3.05) is 24.5 Å². The molecule has 0 atom stereocenters. The lowest BCUT2D eigenvalue weighted by molar-refractivity contribution is 0.461. The van der Waals surface area contributed by atoms with Gasteiger partial charge in [0.15, 0.2) is 5.96 Å². The van der Waals surface area contributed by atoms with Crippen LogP contribution in [0.1, 0.15) is 25.3 Å². The molecule has 0 aliphatic carbocycles.